The number of halogens is 1. The minimum absolute atomic E-state index is 0.0304. The fourth-order valence-corrected chi connectivity index (χ4v) is 4.93. The molecule has 200 valence electrons. The second-order valence-electron chi connectivity index (χ2n) is 10.1. The molecule has 0 atom stereocenters. The number of aliphatic hydroxyl groups is 1. The molecule has 7 heteroatoms. The van der Waals surface area contributed by atoms with Crippen LogP contribution in [-0.2, 0) is 19.9 Å². The summed E-state index contributed by atoms with van der Waals surface area (Å²) in [6.45, 7) is 1.63. The van der Waals surface area contributed by atoms with Gasteiger partial charge >= 0.3 is 0 Å². The van der Waals surface area contributed by atoms with Gasteiger partial charge in [-0.2, -0.15) is 0 Å². The zero-order chi connectivity index (χ0) is 27.4. The SMILES string of the molecule is Cn1cccc1C(=O)Cc1ccc(Nc2ccc(CC(=O)c3ccc(N4CCC(O)CC4)cc3)cc2)c(F)c1. The first kappa shape index (κ1) is 26.4. The Morgan fingerprint density at radius 1 is 0.897 bits per heavy atom. The maximum atomic E-state index is 14.8. The number of aromatic nitrogens is 1. The van der Waals surface area contributed by atoms with Gasteiger partial charge in [0.25, 0.3) is 0 Å². The van der Waals surface area contributed by atoms with Crippen LogP contribution in [0.1, 0.15) is 44.8 Å². The van der Waals surface area contributed by atoms with Crippen LogP contribution in [0.25, 0.3) is 0 Å². The number of aryl methyl sites for hydroxylation is 1. The average molecular weight is 526 g/mol. The van der Waals surface area contributed by atoms with Crippen molar-refractivity contribution in [2.75, 3.05) is 23.3 Å². The first-order chi connectivity index (χ1) is 18.9. The highest BCUT2D eigenvalue weighted by Gasteiger charge is 2.18. The van der Waals surface area contributed by atoms with Crippen LogP contribution in [0.5, 0.6) is 0 Å². The lowest BCUT2D eigenvalue weighted by Gasteiger charge is -2.31. The van der Waals surface area contributed by atoms with Crippen LogP contribution < -0.4 is 10.2 Å². The molecule has 2 N–H and O–H groups in total. The Morgan fingerprint density at radius 2 is 1.56 bits per heavy atom. The number of anilines is 3. The molecule has 0 bridgehead atoms. The number of nitrogens with one attached hydrogen (secondary N) is 1. The van der Waals surface area contributed by atoms with E-state index in [9.17, 15) is 19.1 Å². The van der Waals surface area contributed by atoms with Gasteiger partial charge in [-0.15, -0.1) is 0 Å². The van der Waals surface area contributed by atoms with Gasteiger partial charge in [0, 0.05) is 56.1 Å². The van der Waals surface area contributed by atoms with Crippen molar-refractivity contribution in [3.05, 3.63) is 113 Å². The van der Waals surface area contributed by atoms with Crippen molar-refractivity contribution in [2.24, 2.45) is 7.05 Å². The van der Waals surface area contributed by atoms with E-state index in [1.54, 1.807) is 22.8 Å². The van der Waals surface area contributed by atoms with Crippen LogP contribution in [0.4, 0.5) is 21.5 Å². The van der Waals surface area contributed by atoms with Crippen molar-refractivity contribution >= 4 is 28.6 Å². The molecule has 1 saturated heterocycles. The molecule has 3 aromatic carbocycles. The monoisotopic (exact) mass is 525 g/mol. The summed E-state index contributed by atoms with van der Waals surface area (Å²) in [5.41, 5.74) is 4.82. The van der Waals surface area contributed by atoms with E-state index in [4.69, 9.17) is 0 Å². The fourth-order valence-electron chi connectivity index (χ4n) is 4.93. The second kappa shape index (κ2) is 11.7. The molecule has 0 aliphatic carbocycles. The highest BCUT2D eigenvalue weighted by Crippen LogP contribution is 2.24. The maximum absolute atomic E-state index is 14.8. The molecule has 0 radical (unpaired) electrons. The number of benzene rings is 3. The van der Waals surface area contributed by atoms with Gasteiger partial charge in [-0.1, -0.05) is 18.2 Å². The van der Waals surface area contributed by atoms with E-state index in [0.29, 0.717) is 28.2 Å². The zero-order valence-corrected chi connectivity index (χ0v) is 21.9. The molecule has 39 heavy (non-hydrogen) atoms. The molecule has 0 unspecified atom stereocenters. The predicted molar refractivity (Wildman–Crippen MR) is 152 cm³/mol. The van der Waals surface area contributed by atoms with Gasteiger partial charge in [-0.05, 0) is 84.6 Å². The van der Waals surface area contributed by atoms with Crippen molar-refractivity contribution < 1.29 is 19.1 Å². The topological polar surface area (TPSA) is 74.6 Å². The van der Waals surface area contributed by atoms with Gasteiger partial charge in [0.1, 0.15) is 5.82 Å². The number of ketones is 2. The summed E-state index contributed by atoms with van der Waals surface area (Å²) in [5, 5.41) is 12.8. The first-order valence-corrected chi connectivity index (χ1v) is 13.2. The lowest BCUT2D eigenvalue weighted by atomic mass is 10.0. The van der Waals surface area contributed by atoms with Crippen molar-refractivity contribution in [1.82, 2.24) is 4.57 Å². The Kier molecular flexibility index (Phi) is 7.89. The number of Topliss-reactive ketones (excluding diaryl/α,β-unsaturated/α-hetero) is 2. The van der Waals surface area contributed by atoms with Crippen molar-refractivity contribution in [3.8, 4) is 0 Å². The number of aliphatic hydroxyl groups excluding tert-OH is 1. The minimum Gasteiger partial charge on any atom is -0.393 e. The third-order valence-electron chi connectivity index (χ3n) is 7.24. The summed E-state index contributed by atoms with van der Waals surface area (Å²) in [4.78, 5) is 27.5. The molecule has 0 amide bonds. The van der Waals surface area contributed by atoms with Crippen LogP contribution in [0.15, 0.2) is 85.1 Å². The number of nitrogens with zero attached hydrogens (tertiary/aromatic N) is 2. The quantitative estimate of drug-likeness (QED) is 0.274. The van der Waals surface area contributed by atoms with E-state index in [-0.39, 0.29) is 30.5 Å². The molecule has 1 aromatic heterocycles. The molecule has 1 aliphatic rings. The Labute approximate surface area is 227 Å². The number of piperidine rings is 1. The van der Waals surface area contributed by atoms with Crippen LogP contribution in [0, 0.1) is 5.82 Å². The van der Waals surface area contributed by atoms with Crippen molar-refractivity contribution in [1.29, 1.82) is 0 Å². The number of hydrogen-bond acceptors (Lipinski definition) is 5. The average Bonchev–Trinajstić information content (AvgIpc) is 3.38. The molecule has 1 fully saturated rings. The number of carbonyl (C=O) groups is 2. The zero-order valence-electron chi connectivity index (χ0n) is 21.9. The van der Waals surface area contributed by atoms with Crippen LogP contribution in [-0.4, -0.2) is 40.4 Å². The summed E-state index contributed by atoms with van der Waals surface area (Å²) in [7, 11) is 1.81. The van der Waals surface area contributed by atoms with E-state index in [0.717, 1.165) is 37.2 Å². The van der Waals surface area contributed by atoms with Crippen molar-refractivity contribution in [2.45, 2.75) is 31.8 Å². The molecule has 6 nitrogen and oxygen atoms in total. The Morgan fingerprint density at radius 3 is 2.21 bits per heavy atom. The molecule has 1 aliphatic heterocycles. The van der Waals surface area contributed by atoms with E-state index in [2.05, 4.69) is 10.2 Å². The Bertz CT molecular complexity index is 1450. The molecule has 0 saturated carbocycles. The summed E-state index contributed by atoms with van der Waals surface area (Å²) < 4.78 is 16.5. The van der Waals surface area contributed by atoms with Gasteiger partial charge in [-0.25, -0.2) is 4.39 Å². The standard InChI is InChI=1S/C32H32FN3O3/c1-35-16-2-3-30(35)32(39)21-23-6-13-29(28(33)19-23)34-25-9-4-22(5-10-25)20-31(38)24-7-11-26(12-8-24)36-17-14-27(37)15-18-36/h2-13,16,19,27,34,37H,14-15,17-18,20-21H2,1H3. The maximum Gasteiger partial charge on any atom is 0.183 e. The third kappa shape index (κ3) is 6.44. The smallest absolute Gasteiger partial charge is 0.183 e. The Balaban J connectivity index is 1.16. The largest absolute Gasteiger partial charge is 0.393 e. The molecule has 4 aromatic rings. The van der Waals surface area contributed by atoms with Crippen LogP contribution >= 0.6 is 0 Å². The van der Waals surface area contributed by atoms with Gasteiger partial charge in [-0.3, -0.25) is 9.59 Å². The summed E-state index contributed by atoms with van der Waals surface area (Å²) in [6.07, 6.45) is 3.52. The third-order valence-corrected chi connectivity index (χ3v) is 7.24. The fraction of sp³-hybridized carbons (Fsp3) is 0.250. The van der Waals surface area contributed by atoms with Crippen LogP contribution in [0.2, 0.25) is 0 Å². The molecular formula is C32H32FN3O3. The van der Waals surface area contributed by atoms with E-state index >= 15 is 0 Å². The summed E-state index contributed by atoms with van der Waals surface area (Å²) >= 11 is 0. The van der Waals surface area contributed by atoms with Crippen LogP contribution in [0.3, 0.4) is 0 Å². The molecule has 0 spiro atoms. The number of rotatable bonds is 9. The van der Waals surface area contributed by atoms with Gasteiger partial charge in [0.15, 0.2) is 11.6 Å². The number of carbonyl (C=O) groups excluding carboxylic acids is 2. The van der Waals surface area contributed by atoms with Crippen molar-refractivity contribution in [3.63, 3.8) is 0 Å². The summed E-state index contributed by atoms with van der Waals surface area (Å²) in [5.74, 6) is -0.468. The highest BCUT2D eigenvalue weighted by atomic mass is 19.1. The normalized spacial score (nSPS) is 13.9. The van der Waals surface area contributed by atoms with Gasteiger partial charge < -0.3 is 19.9 Å². The molecule has 5 rings (SSSR count). The Hall–Kier alpha value is -4.23. The molecular weight excluding hydrogens is 493 g/mol. The van der Waals surface area contributed by atoms with E-state index < -0.39 is 5.82 Å². The number of hydrogen-bond donors (Lipinski definition) is 2. The second-order valence-corrected chi connectivity index (χ2v) is 10.1. The minimum atomic E-state index is -0.435. The van der Waals surface area contributed by atoms with Gasteiger partial charge in [0.05, 0.1) is 17.5 Å². The molecule has 2 heterocycles. The highest BCUT2D eigenvalue weighted by molar-refractivity contribution is 5.98. The van der Waals surface area contributed by atoms with E-state index in [1.807, 2.05) is 67.8 Å². The lowest BCUT2D eigenvalue weighted by Crippen LogP contribution is -2.35. The van der Waals surface area contributed by atoms with E-state index in [1.165, 1.54) is 6.07 Å². The van der Waals surface area contributed by atoms with Gasteiger partial charge in [0.2, 0.25) is 0 Å². The lowest BCUT2D eigenvalue weighted by molar-refractivity contribution is 0.0980. The first-order valence-electron chi connectivity index (χ1n) is 13.2. The predicted octanol–water partition coefficient (Wildman–Crippen LogP) is 5.72. The summed E-state index contributed by atoms with van der Waals surface area (Å²) in [6, 6.07) is 23.4.